The number of carbonyl (C=O) groups excluding carboxylic acids is 1. The first-order valence-electron chi connectivity index (χ1n) is 6.87. The van der Waals surface area contributed by atoms with Crippen molar-refractivity contribution < 1.29 is 4.79 Å². The lowest BCUT2D eigenvalue weighted by molar-refractivity contribution is 0.0946. The van der Waals surface area contributed by atoms with Gasteiger partial charge in [0.1, 0.15) is 5.69 Å². The molecule has 0 atom stereocenters. The Balaban J connectivity index is 1.69. The van der Waals surface area contributed by atoms with Gasteiger partial charge in [0.2, 0.25) is 0 Å². The molecule has 0 aliphatic heterocycles. The van der Waals surface area contributed by atoms with E-state index in [0.29, 0.717) is 18.2 Å². The van der Waals surface area contributed by atoms with E-state index in [1.807, 2.05) is 30.9 Å². The Morgan fingerprint density at radius 1 is 1.55 bits per heavy atom. The number of nitrogens with one attached hydrogen (secondary N) is 1. The summed E-state index contributed by atoms with van der Waals surface area (Å²) in [6.07, 6.45) is 5.71. The average molecular weight is 290 g/mol. The second-order valence-electron chi connectivity index (χ2n) is 5.30. The van der Waals surface area contributed by atoms with Crippen LogP contribution in [0.5, 0.6) is 0 Å². The molecule has 0 unspecified atom stereocenters. The van der Waals surface area contributed by atoms with Gasteiger partial charge >= 0.3 is 0 Å². The molecule has 2 heterocycles. The number of amides is 1. The number of hydrogen-bond acceptors (Lipinski definition) is 4. The lowest BCUT2D eigenvalue weighted by Gasteiger charge is -2.25. The normalized spacial score (nSPS) is 15.1. The van der Waals surface area contributed by atoms with Crippen LogP contribution in [-0.4, -0.2) is 20.1 Å². The fourth-order valence-electron chi connectivity index (χ4n) is 2.48. The van der Waals surface area contributed by atoms with E-state index >= 15 is 0 Å². The van der Waals surface area contributed by atoms with E-state index in [-0.39, 0.29) is 5.91 Å². The predicted octanol–water partition coefficient (Wildman–Crippen LogP) is 2.38. The first-order valence-corrected chi connectivity index (χ1v) is 7.65. The Morgan fingerprint density at radius 3 is 2.95 bits per heavy atom. The van der Waals surface area contributed by atoms with Crippen LogP contribution >= 0.6 is 11.5 Å². The van der Waals surface area contributed by atoms with Gasteiger partial charge in [0.15, 0.2) is 0 Å². The summed E-state index contributed by atoms with van der Waals surface area (Å²) < 4.78 is 5.99. The molecular weight excluding hydrogens is 272 g/mol. The first-order chi connectivity index (χ1) is 9.65. The summed E-state index contributed by atoms with van der Waals surface area (Å²) >= 11 is 1.35. The summed E-state index contributed by atoms with van der Waals surface area (Å²) in [6.45, 7) is 2.46. The van der Waals surface area contributed by atoms with Crippen LogP contribution in [-0.2, 0) is 13.6 Å². The van der Waals surface area contributed by atoms with E-state index in [2.05, 4.69) is 14.8 Å². The fraction of sp³-hybridized carbons (Fsp3) is 0.500. The molecule has 0 saturated heterocycles. The molecular formula is C14H18N4OS. The minimum atomic E-state index is -0.116. The van der Waals surface area contributed by atoms with Crippen LogP contribution < -0.4 is 5.32 Å². The monoisotopic (exact) mass is 290 g/mol. The topological polar surface area (TPSA) is 59.8 Å². The second-order valence-corrected chi connectivity index (χ2v) is 6.31. The third-order valence-corrected chi connectivity index (χ3v) is 4.61. The number of aryl methyl sites for hydroxylation is 2. The molecule has 1 amide bonds. The molecule has 0 aromatic carbocycles. The maximum absolute atomic E-state index is 12.0. The van der Waals surface area contributed by atoms with Gasteiger partial charge in [0.25, 0.3) is 5.91 Å². The molecule has 20 heavy (non-hydrogen) atoms. The summed E-state index contributed by atoms with van der Waals surface area (Å²) in [5.41, 5.74) is 2.89. The minimum absolute atomic E-state index is 0.116. The molecule has 106 valence electrons. The van der Waals surface area contributed by atoms with Crippen molar-refractivity contribution in [1.82, 2.24) is 19.5 Å². The van der Waals surface area contributed by atoms with Crippen LogP contribution in [0.3, 0.4) is 0 Å². The van der Waals surface area contributed by atoms with Crippen LogP contribution in [0.1, 0.15) is 51.8 Å². The molecule has 1 N–H and O–H groups in total. The maximum atomic E-state index is 12.0. The van der Waals surface area contributed by atoms with Gasteiger partial charge in [-0.15, -0.1) is 0 Å². The Kier molecular flexibility index (Phi) is 3.56. The van der Waals surface area contributed by atoms with Crippen molar-refractivity contribution in [2.75, 3.05) is 0 Å². The molecule has 1 fully saturated rings. The molecule has 0 bridgehead atoms. The number of aromatic nitrogens is 3. The number of carbonyl (C=O) groups is 1. The lowest BCUT2D eigenvalue weighted by atomic mass is 9.80. The average Bonchev–Trinajstić information content (AvgIpc) is 2.93. The van der Waals surface area contributed by atoms with Crippen LogP contribution in [0.4, 0.5) is 0 Å². The molecule has 3 rings (SSSR count). The van der Waals surface area contributed by atoms with Crippen LogP contribution in [0.25, 0.3) is 0 Å². The van der Waals surface area contributed by atoms with Crippen molar-refractivity contribution in [2.24, 2.45) is 7.05 Å². The van der Waals surface area contributed by atoms with Crippen molar-refractivity contribution in [2.45, 2.75) is 38.6 Å². The van der Waals surface area contributed by atoms with Crippen molar-refractivity contribution in [1.29, 1.82) is 0 Å². The van der Waals surface area contributed by atoms with Gasteiger partial charge in [-0.2, -0.15) is 9.47 Å². The molecule has 0 spiro atoms. The number of hydrogen-bond donors (Lipinski definition) is 1. The van der Waals surface area contributed by atoms with Gasteiger partial charge < -0.3 is 5.32 Å². The Hall–Kier alpha value is -1.69. The van der Waals surface area contributed by atoms with E-state index < -0.39 is 0 Å². The highest BCUT2D eigenvalue weighted by Crippen LogP contribution is 2.37. The van der Waals surface area contributed by atoms with Gasteiger partial charge in [-0.3, -0.25) is 9.48 Å². The van der Waals surface area contributed by atoms with Gasteiger partial charge in [0.05, 0.1) is 18.4 Å². The number of nitrogens with zero attached hydrogens (tertiary/aromatic N) is 3. The molecule has 2 aromatic heterocycles. The fourth-order valence-corrected chi connectivity index (χ4v) is 3.03. The summed E-state index contributed by atoms with van der Waals surface area (Å²) in [6, 6.07) is 1.82. The van der Waals surface area contributed by atoms with E-state index in [1.165, 1.54) is 36.4 Å². The summed E-state index contributed by atoms with van der Waals surface area (Å²) in [7, 11) is 1.93. The van der Waals surface area contributed by atoms with E-state index in [9.17, 15) is 4.79 Å². The van der Waals surface area contributed by atoms with E-state index in [1.54, 1.807) is 0 Å². The van der Waals surface area contributed by atoms with E-state index in [4.69, 9.17) is 0 Å². The third kappa shape index (κ3) is 2.47. The zero-order chi connectivity index (χ0) is 14.1. The molecule has 1 aliphatic rings. The predicted molar refractivity (Wildman–Crippen MR) is 77.8 cm³/mol. The smallest absolute Gasteiger partial charge is 0.271 e. The summed E-state index contributed by atoms with van der Waals surface area (Å²) in [4.78, 5) is 13.1. The molecule has 6 heteroatoms. The quantitative estimate of drug-likeness (QED) is 0.940. The summed E-state index contributed by atoms with van der Waals surface area (Å²) in [5, 5.41) is 7.27. The largest absolute Gasteiger partial charge is 0.345 e. The molecule has 5 nitrogen and oxygen atoms in total. The first kappa shape index (κ1) is 13.3. The highest BCUT2D eigenvalue weighted by Gasteiger charge is 2.24. The Morgan fingerprint density at radius 2 is 2.35 bits per heavy atom. The van der Waals surface area contributed by atoms with Crippen molar-refractivity contribution >= 4 is 17.4 Å². The van der Waals surface area contributed by atoms with Gasteiger partial charge in [0, 0.05) is 11.9 Å². The Bertz CT molecular complexity index is 627. The van der Waals surface area contributed by atoms with E-state index in [0.717, 1.165) is 10.6 Å². The SMILES string of the molecule is Cc1cc(C(=O)NCc2c(C3CCC3)cnn2C)ns1. The zero-order valence-corrected chi connectivity index (χ0v) is 12.5. The van der Waals surface area contributed by atoms with Gasteiger partial charge in [-0.25, -0.2) is 0 Å². The molecule has 0 radical (unpaired) electrons. The zero-order valence-electron chi connectivity index (χ0n) is 11.7. The molecule has 2 aromatic rings. The second kappa shape index (κ2) is 5.36. The maximum Gasteiger partial charge on any atom is 0.271 e. The standard InChI is InChI=1S/C14H18N4OS/c1-9-6-12(17-20-9)14(19)15-8-13-11(7-16-18(13)2)10-4-3-5-10/h6-7,10H,3-5,8H2,1-2H3,(H,15,19). The number of rotatable bonds is 4. The highest BCUT2D eigenvalue weighted by molar-refractivity contribution is 7.05. The van der Waals surface area contributed by atoms with Crippen molar-refractivity contribution in [3.05, 3.63) is 34.1 Å². The highest BCUT2D eigenvalue weighted by atomic mass is 32.1. The van der Waals surface area contributed by atoms with Crippen molar-refractivity contribution in [3.63, 3.8) is 0 Å². The van der Waals surface area contributed by atoms with Crippen LogP contribution in [0.15, 0.2) is 12.3 Å². The third-order valence-electron chi connectivity index (χ3n) is 3.92. The van der Waals surface area contributed by atoms with Gasteiger partial charge in [-0.05, 0) is 48.8 Å². The van der Waals surface area contributed by atoms with Crippen LogP contribution in [0.2, 0.25) is 0 Å². The molecule has 1 saturated carbocycles. The van der Waals surface area contributed by atoms with Gasteiger partial charge in [-0.1, -0.05) is 6.42 Å². The molecule has 1 aliphatic carbocycles. The summed E-state index contributed by atoms with van der Waals surface area (Å²) in [5.74, 6) is 0.507. The minimum Gasteiger partial charge on any atom is -0.345 e. The van der Waals surface area contributed by atoms with Crippen LogP contribution in [0, 0.1) is 6.92 Å². The lowest BCUT2D eigenvalue weighted by Crippen LogP contribution is -2.25. The van der Waals surface area contributed by atoms with Crippen molar-refractivity contribution in [3.8, 4) is 0 Å². The Labute approximate surface area is 122 Å².